The van der Waals surface area contributed by atoms with Gasteiger partial charge in [-0.15, -0.1) is 0 Å². The minimum Gasteiger partial charge on any atom is -0.497 e. The summed E-state index contributed by atoms with van der Waals surface area (Å²) in [5, 5.41) is 18.6. The molecular formula is C28H28N2O2. The first-order valence-corrected chi connectivity index (χ1v) is 10.7. The Balaban J connectivity index is 1.86. The molecule has 162 valence electrons. The van der Waals surface area contributed by atoms with E-state index in [4.69, 9.17) is 9.47 Å². The zero-order valence-corrected chi connectivity index (χ0v) is 19.3. The molecule has 4 nitrogen and oxygen atoms in total. The van der Waals surface area contributed by atoms with Crippen molar-refractivity contribution in [1.82, 2.24) is 0 Å². The molecule has 0 N–H and O–H groups in total. The zero-order valence-electron chi connectivity index (χ0n) is 19.3. The molecule has 0 saturated carbocycles. The number of methoxy groups -OCH3 is 1. The molecular weight excluding hydrogens is 396 g/mol. The zero-order chi connectivity index (χ0) is 23.4. The molecule has 0 aliphatic carbocycles. The molecule has 0 bridgehead atoms. The number of rotatable bonds is 7. The van der Waals surface area contributed by atoms with Crippen LogP contribution in [0.1, 0.15) is 61.9 Å². The summed E-state index contributed by atoms with van der Waals surface area (Å²) in [6.07, 6.45) is 0.711. The van der Waals surface area contributed by atoms with E-state index in [1.165, 1.54) is 11.1 Å². The van der Waals surface area contributed by atoms with Gasteiger partial charge < -0.3 is 9.47 Å². The van der Waals surface area contributed by atoms with Crippen molar-refractivity contribution in [3.63, 3.8) is 0 Å². The van der Waals surface area contributed by atoms with Crippen molar-refractivity contribution in [1.29, 1.82) is 10.5 Å². The Morgan fingerprint density at radius 3 is 1.69 bits per heavy atom. The lowest BCUT2D eigenvalue weighted by Crippen LogP contribution is -2.29. The molecule has 0 radical (unpaired) electrons. The van der Waals surface area contributed by atoms with Crippen LogP contribution in [0.15, 0.2) is 66.7 Å². The molecule has 1 unspecified atom stereocenters. The Morgan fingerprint density at radius 1 is 0.719 bits per heavy atom. The molecule has 0 fully saturated rings. The number of hydrogen-bond acceptors (Lipinski definition) is 4. The van der Waals surface area contributed by atoms with Gasteiger partial charge in [0.15, 0.2) is 0 Å². The first kappa shape index (κ1) is 22.9. The Hall–Kier alpha value is -3.76. The maximum Gasteiger partial charge on any atom is 0.131 e. The van der Waals surface area contributed by atoms with Crippen LogP contribution in [-0.2, 0) is 11.0 Å². The maximum absolute atomic E-state index is 9.38. The van der Waals surface area contributed by atoms with Crippen LogP contribution in [0.3, 0.4) is 0 Å². The summed E-state index contributed by atoms with van der Waals surface area (Å²) >= 11 is 0. The van der Waals surface area contributed by atoms with Gasteiger partial charge in [-0.05, 0) is 66.4 Å². The number of ether oxygens (including phenoxy) is 2. The lowest BCUT2D eigenvalue weighted by atomic mass is 9.78. The van der Waals surface area contributed by atoms with Crippen LogP contribution in [0.5, 0.6) is 11.5 Å². The van der Waals surface area contributed by atoms with E-state index >= 15 is 0 Å². The van der Waals surface area contributed by atoms with Crippen LogP contribution in [0.4, 0.5) is 0 Å². The van der Waals surface area contributed by atoms with Gasteiger partial charge in [0.2, 0.25) is 0 Å². The van der Waals surface area contributed by atoms with Gasteiger partial charge in [0.25, 0.3) is 0 Å². The smallest absolute Gasteiger partial charge is 0.131 e. The van der Waals surface area contributed by atoms with Gasteiger partial charge in [-0.2, -0.15) is 10.5 Å². The minimum atomic E-state index is -0.618. The Labute approximate surface area is 190 Å². The van der Waals surface area contributed by atoms with Crippen LogP contribution < -0.4 is 9.47 Å². The molecule has 0 aliphatic rings. The Kier molecular flexibility index (Phi) is 6.56. The molecule has 0 heterocycles. The normalized spacial score (nSPS) is 12.8. The lowest BCUT2D eigenvalue weighted by Gasteiger charge is -2.31. The van der Waals surface area contributed by atoms with Crippen molar-refractivity contribution >= 4 is 0 Å². The average molecular weight is 425 g/mol. The summed E-state index contributed by atoms with van der Waals surface area (Å²) in [5.74, 6) is 1.60. The van der Waals surface area contributed by atoms with E-state index < -0.39 is 5.60 Å². The third-order valence-electron chi connectivity index (χ3n) is 6.28. The fourth-order valence-electron chi connectivity index (χ4n) is 3.77. The van der Waals surface area contributed by atoms with E-state index in [0.717, 1.165) is 17.1 Å². The van der Waals surface area contributed by atoms with Gasteiger partial charge in [0.1, 0.15) is 29.2 Å². The lowest BCUT2D eigenvalue weighted by molar-refractivity contribution is 0.0825. The Morgan fingerprint density at radius 2 is 1.22 bits per heavy atom. The molecule has 3 aromatic rings. The van der Waals surface area contributed by atoms with Gasteiger partial charge in [-0.3, -0.25) is 0 Å². The highest BCUT2D eigenvalue weighted by molar-refractivity contribution is 5.49. The van der Waals surface area contributed by atoms with Crippen molar-refractivity contribution in [3.05, 3.63) is 94.5 Å². The molecule has 0 aliphatic heterocycles. The first-order chi connectivity index (χ1) is 15.3. The topological polar surface area (TPSA) is 66.0 Å². The third-order valence-corrected chi connectivity index (χ3v) is 6.28. The van der Waals surface area contributed by atoms with Crippen molar-refractivity contribution in [2.75, 3.05) is 7.11 Å². The molecule has 0 saturated heterocycles. The van der Waals surface area contributed by atoms with Gasteiger partial charge in [-0.1, -0.05) is 51.1 Å². The number of nitriles is 2. The summed E-state index contributed by atoms with van der Waals surface area (Å²) in [6.45, 7) is 8.44. The summed E-state index contributed by atoms with van der Waals surface area (Å²) in [6, 6.07) is 25.8. The van der Waals surface area contributed by atoms with E-state index in [9.17, 15) is 10.5 Å². The molecule has 0 spiro atoms. The van der Waals surface area contributed by atoms with E-state index in [-0.39, 0.29) is 5.41 Å². The predicted molar refractivity (Wildman–Crippen MR) is 126 cm³/mol. The molecule has 3 aromatic carbocycles. The van der Waals surface area contributed by atoms with Crippen molar-refractivity contribution in [2.45, 2.75) is 45.1 Å². The minimum absolute atomic E-state index is 0.173. The largest absolute Gasteiger partial charge is 0.497 e. The summed E-state index contributed by atoms with van der Waals surface area (Å²) in [5.41, 5.74) is 3.20. The summed E-state index contributed by atoms with van der Waals surface area (Å²) < 4.78 is 11.7. The Bertz CT molecular complexity index is 1170. The molecule has 3 rings (SSSR count). The predicted octanol–water partition coefficient (Wildman–Crippen LogP) is 6.47. The fourth-order valence-corrected chi connectivity index (χ4v) is 3.77. The van der Waals surface area contributed by atoms with Crippen molar-refractivity contribution in [2.24, 2.45) is 0 Å². The number of benzene rings is 3. The second-order valence-corrected chi connectivity index (χ2v) is 8.55. The van der Waals surface area contributed by atoms with Gasteiger partial charge in [0, 0.05) is 5.41 Å². The number of nitrogens with zero attached hydrogens (tertiary/aromatic N) is 2. The molecule has 32 heavy (non-hydrogen) atoms. The monoisotopic (exact) mass is 424 g/mol. The van der Waals surface area contributed by atoms with Crippen LogP contribution in [0.2, 0.25) is 0 Å². The number of hydrogen-bond donors (Lipinski definition) is 0. The van der Waals surface area contributed by atoms with E-state index in [1.54, 1.807) is 19.2 Å². The molecule has 1 atom stereocenters. The highest BCUT2D eigenvalue weighted by Crippen LogP contribution is 2.36. The highest BCUT2D eigenvalue weighted by atomic mass is 16.5. The SMILES string of the molecule is CCC(C)(Oc1ccc(C(C)(C)c2ccc(OC)cc2)cc1)c1ccc(C#N)c(C#N)c1. The van der Waals surface area contributed by atoms with Crippen LogP contribution >= 0.6 is 0 Å². The second kappa shape index (κ2) is 9.16. The average Bonchev–Trinajstić information content (AvgIpc) is 2.83. The van der Waals surface area contributed by atoms with E-state index in [0.29, 0.717) is 17.5 Å². The van der Waals surface area contributed by atoms with Gasteiger partial charge in [0.05, 0.1) is 18.2 Å². The van der Waals surface area contributed by atoms with Crippen LogP contribution in [-0.4, -0.2) is 7.11 Å². The molecule has 0 aromatic heterocycles. The van der Waals surface area contributed by atoms with Gasteiger partial charge >= 0.3 is 0 Å². The van der Waals surface area contributed by atoms with Crippen LogP contribution in [0, 0.1) is 22.7 Å². The molecule has 4 heteroatoms. The van der Waals surface area contributed by atoms with Crippen LogP contribution in [0.25, 0.3) is 0 Å². The first-order valence-electron chi connectivity index (χ1n) is 10.7. The van der Waals surface area contributed by atoms with Crippen molar-refractivity contribution in [3.8, 4) is 23.6 Å². The second-order valence-electron chi connectivity index (χ2n) is 8.55. The quantitative estimate of drug-likeness (QED) is 0.436. The van der Waals surface area contributed by atoms with E-state index in [2.05, 4.69) is 50.3 Å². The maximum atomic E-state index is 9.38. The summed E-state index contributed by atoms with van der Waals surface area (Å²) in [7, 11) is 1.67. The van der Waals surface area contributed by atoms with Crippen molar-refractivity contribution < 1.29 is 9.47 Å². The fraction of sp³-hybridized carbons (Fsp3) is 0.286. The summed E-state index contributed by atoms with van der Waals surface area (Å²) in [4.78, 5) is 0. The van der Waals surface area contributed by atoms with Gasteiger partial charge in [-0.25, -0.2) is 0 Å². The third kappa shape index (κ3) is 4.46. The highest BCUT2D eigenvalue weighted by Gasteiger charge is 2.28. The van der Waals surface area contributed by atoms with E-state index in [1.807, 2.05) is 44.2 Å². The molecule has 0 amide bonds. The standard InChI is InChI=1S/C28H28N2O2/c1-6-28(4,24-8-7-20(18-29)21(17-24)19-30)32-26-15-11-23(12-16-26)27(2,3)22-9-13-25(31-5)14-10-22/h7-17H,6H2,1-5H3.